The van der Waals surface area contributed by atoms with Crippen molar-refractivity contribution in [1.82, 2.24) is 19.5 Å². The SMILES string of the molecule is CC#CCn1c(N2CCCCC2)nc2nc(SC)[nH]c(=O)c21. The van der Waals surface area contributed by atoms with Crippen molar-refractivity contribution in [3.63, 3.8) is 0 Å². The van der Waals surface area contributed by atoms with Crippen LogP contribution in [0.2, 0.25) is 0 Å². The lowest BCUT2D eigenvalue weighted by Crippen LogP contribution is -2.32. The van der Waals surface area contributed by atoms with E-state index in [0.29, 0.717) is 22.9 Å². The molecule has 0 saturated carbocycles. The minimum absolute atomic E-state index is 0.150. The number of piperidine rings is 1. The molecule has 0 spiro atoms. The molecule has 2 aromatic rings. The number of aromatic amines is 1. The maximum Gasteiger partial charge on any atom is 0.277 e. The highest BCUT2D eigenvalue weighted by Gasteiger charge is 2.21. The zero-order chi connectivity index (χ0) is 15.5. The van der Waals surface area contributed by atoms with Gasteiger partial charge in [-0.3, -0.25) is 14.3 Å². The van der Waals surface area contributed by atoms with Crippen LogP contribution in [0.4, 0.5) is 5.95 Å². The van der Waals surface area contributed by atoms with Crippen LogP contribution in [0.25, 0.3) is 11.2 Å². The first-order valence-corrected chi connectivity index (χ1v) is 8.66. The van der Waals surface area contributed by atoms with E-state index < -0.39 is 0 Å². The van der Waals surface area contributed by atoms with Gasteiger partial charge in [-0.25, -0.2) is 4.98 Å². The molecule has 0 aliphatic carbocycles. The van der Waals surface area contributed by atoms with Crippen LogP contribution in [0.3, 0.4) is 0 Å². The van der Waals surface area contributed by atoms with E-state index >= 15 is 0 Å². The third-order valence-electron chi connectivity index (χ3n) is 3.82. The Morgan fingerprint density at radius 2 is 2.05 bits per heavy atom. The minimum Gasteiger partial charge on any atom is -0.342 e. The fourth-order valence-electron chi connectivity index (χ4n) is 2.75. The molecule has 3 rings (SSSR count). The van der Waals surface area contributed by atoms with Crippen molar-refractivity contribution in [1.29, 1.82) is 0 Å². The number of fused-ring (bicyclic) bond motifs is 1. The first-order valence-electron chi connectivity index (χ1n) is 7.43. The van der Waals surface area contributed by atoms with Crippen molar-refractivity contribution in [2.24, 2.45) is 0 Å². The van der Waals surface area contributed by atoms with Crippen LogP contribution in [0, 0.1) is 11.8 Å². The van der Waals surface area contributed by atoms with E-state index in [2.05, 4.69) is 31.7 Å². The summed E-state index contributed by atoms with van der Waals surface area (Å²) in [7, 11) is 0. The molecule has 0 bridgehead atoms. The number of nitrogens with one attached hydrogen (secondary N) is 1. The zero-order valence-electron chi connectivity index (χ0n) is 12.8. The van der Waals surface area contributed by atoms with Crippen LogP contribution in [-0.4, -0.2) is 38.9 Å². The van der Waals surface area contributed by atoms with E-state index in [1.807, 2.05) is 10.8 Å². The fraction of sp³-hybridized carbons (Fsp3) is 0.533. The molecule has 0 radical (unpaired) electrons. The van der Waals surface area contributed by atoms with Crippen molar-refractivity contribution in [2.45, 2.75) is 37.9 Å². The summed E-state index contributed by atoms with van der Waals surface area (Å²) in [4.78, 5) is 26.5. The lowest BCUT2D eigenvalue weighted by molar-refractivity contribution is 0.561. The van der Waals surface area contributed by atoms with E-state index in [4.69, 9.17) is 0 Å². The molecule has 3 heterocycles. The monoisotopic (exact) mass is 317 g/mol. The number of hydrogen-bond acceptors (Lipinski definition) is 5. The predicted molar refractivity (Wildman–Crippen MR) is 89.4 cm³/mol. The average Bonchev–Trinajstić information content (AvgIpc) is 2.92. The summed E-state index contributed by atoms with van der Waals surface area (Å²) in [6.45, 7) is 4.20. The fourth-order valence-corrected chi connectivity index (χ4v) is 3.12. The topological polar surface area (TPSA) is 66.8 Å². The molecule has 1 saturated heterocycles. The summed E-state index contributed by atoms with van der Waals surface area (Å²) in [5.41, 5.74) is 0.871. The van der Waals surface area contributed by atoms with Crippen molar-refractivity contribution < 1.29 is 0 Å². The van der Waals surface area contributed by atoms with Crippen molar-refractivity contribution >= 4 is 28.9 Å². The number of anilines is 1. The molecule has 0 aromatic carbocycles. The molecular weight excluding hydrogens is 298 g/mol. The van der Waals surface area contributed by atoms with Gasteiger partial charge in [0, 0.05) is 13.1 Å². The van der Waals surface area contributed by atoms with Crippen LogP contribution in [0.15, 0.2) is 9.95 Å². The van der Waals surface area contributed by atoms with Gasteiger partial charge in [0.05, 0.1) is 6.54 Å². The van der Waals surface area contributed by atoms with E-state index in [9.17, 15) is 4.79 Å². The Kier molecular flexibility index (Phi) is 4.39. The Balaban J connectivity index is 2.18. The number of H-pyrrole nitrogens is 1. The molecule has 22 heavy (non-hydrogen) atoms. The summed E-state index contributed by atoms with van der Waals surface area (Å²) >= 11 is 1.41. The maximum atomic E-state index is 12.4. The average molecular weight is 317 g/mol. The van der Waals surface area contributed by atoms with Crippen LogP contribution in [0.1, 0.15) is 26.2 Å². The summed E-state index contributed by atoms with van der Waals surface area (Å²) in [6.07, 6.45) is 5.45. The smallest absolute Gasteiger partial charge is 0.277 e. The molecule has 6 nitrogen and oxygen atoms in total. The van der Waals surface area contributed by atoms with Gasteiger partial charge < -0.3 is 4.90 Å². The predicted octanol–water partition coefficient (Wildman–Crippen LogP) is 1.86. The minimum atomic E-state index is -0.150. The lowest BCUT2D eigenvalue weighted by Gasteiger charge is -2.27. The van der Waals surface area contributed by atoms with Crippen molar-refractivity contribution in [2.75, 3.05) is 24.2 Å². The van der Waals surface area contributed by atoms with Gasteiger partial charge in [0.2, 0.25) is 5.95 Å². The summed E-state index contributed by atoms with van der Waals surface area (Å²) < 4.78 is 1.90. The normalized spacial score (nSPS) is 14.9. The molecule has 7 heteroatoms. The van der Waals surface area contributed by atoms with Crippen LogP contribution in [-0.2, 0) is 6.54 Å². The van der Waals surface area contributed by atoms with Gasteiger partial charge >= 0.3 is 0 Å². The summed E-state index contributed by atoms with van der Waals surface area (Å²) in [5.74, 6) is 6.74. The van der Waals surface area contributed by atoms with E-state index in [0.717, 1.165) is 31.9 Å². The summed E-state index contributed by atoms with van der Waals surface area (Å²) in [6, 6.07) is 0. The molecule has 1 aliphatic heterocycles. The van der Waals surface area contributed by atoms with Gasteiger partial charge in [-0.1, -0.05) is 17.7 Å². The molecule has 0 atom stereocenters. The number of hydrogen-bond donors (Lipinski definition) is 1. The Bertz CT molecular complexity index is 792. The molecule has 0 amide bonds. The van der Waals surface area contributed by atoms with Crippen LogP contribution < -0.4 is 10.5 Å². The van der Waals surface area contributed by atoms with Crippen molar-refractivity contribution in [3.05, 3.63) is 10.4 Å². The highest BCUT2D eigenvalue weighted by atomic mass is 32.2. The van der Waals surface area contributed by atoms with E-state index in [1.54, 1.807) is 6.92 Å². The molecular formula is C15H19N5OS. The van der Waals surface area contributed by atoms with Crippen molar-refractivity contribution in [3.8, 4) is 11.8 Å². The second kappa shape index (κ2) is 6.44. The Hall–Kier alpha value is -1.94. The third kappa shape index (κ3) is 2.71. The van der Waals surface area contributed by atoms with Crippen LogP contribution >= 0.6 is 11.8 Å². The quantitative estimate of drug-likeness (QED) is 0.532. The highest BCUT2D eigenvalue weighted by molar-refractivity contribution is 7.98. The highest BCUT2D eigenvalue weighted by Crippen LogP contribution is 2.23. The number of rotatable bonds is 3. The third-order valence-corrected chi connectivity index (χ3v) is 4.40. The van der Waals surface area contributed by atoms with Gasteiger partial charge in [0.1, 0.15) is 0 Å². The lowest BCUT2D eigenvalue weighted by atomic mass is 10.1. The van der Waals surface area contributed by atoms with E-state index in [1.165, 1.54) is 18.2 Å². The molecule has 1 fully saturated rings. The number of aromatic nitrogens is 4. The van der Waals surface area contributed by atoms with Gasteiger partial charge in [0.15, 0.2) is 16.3 Å². The largest absolute Gasteiger partial charge is 0.342 e. The molecule has 1 N–H and O–H groups in total. The van der Waals surface area contributed by atoms with Gasteiger partial charge in [0.25, 0.3) is 5.56 Å². The molecule has 1 aliphatic rings. The number of thioether (sulfide) groups is 1. The first-order chi connectivity index (χ1) is 10.7. The van der Waals surface area contributed by atoms with Gasteiger partial charge in [-0.2, -0.15) is 4.98 Å². The van der Waals surface area contributed by atoms with Gasteiger partial charge in [-0.05, 0) is 32.4 Å². The van der Waals surface area contributed by atoms with E-state index in [-0.39, 0.29) is 5.56 Å². The maximum absolute atomic E-state index is 12.4. The molecule has 116 valence electrons. The molecule has 0 unspecified atom stereocenters. The Labute approximate surface area is 133 Å². The Morgan fingerprint density at radius 3 is 2.73 bits per heavy atom. The first kappa shape index (κ1) is 15.0. The summed E-state index contributed by atoms with van der Waals surface area (Å²) in [5, 5.41) is 0.592. The zero-order valence-corrected chi connectivity index (χ0v) is 13.7. The second-order valence-electron chi connectivity index (χ2n) is 5.22. The molecule has 2 aromatic heterocycles. The van der Waals surface area contributed by atoms with Gasteiger partial charge in [-0.15, -0.1) is 5.92 Å². The van der Waals surface area contributed by atoms with Crippen LogP contribution in [0.5, 0.6) is 0 Å². The standard InChI is InChI=1S/C15H19N5OS/c1-3-4-10-20-11-12(16-14(22-2)18-13(11)21)17-15(20)19-8-6-5-7-9-19/h5-10H2,1-2H3,(H,16,18,21). The Morgan fingerprint density at radius 1 is 1.27 bits per heavy atom. The number of nitrogens with zero attached hydrogens (tertiary/aromatic N) is 4. The number of imidazole rings is 1. The second-order valence-corrected chi connectivity index (χ2v) is 6.01.